The molecule has 1 aromatic carbocycles. The number of nitrogens with zero attached hydrogens (tertiary/aromatic N) is 2. The minimum absolute atomic E-state index is 0.0638. The number of hydrogen-bond acceptors (Lipinski definition) is 7. The summed E-state index contributed by atoms with van der Waals surface area (Å²) in [6.07, 6.45) is 0.251. The quantitative estimate of drug-likeness (QED) is 0.843. The average Bonchev–Trinajstić information content (AvgIpc) is 3.10. The molecule has 1 aliphatic heterocycles. The topological polar surface area (TPSA) is 72.9 Å². The van der Waals surface area contributed by atoms with Gasteiger partial charge in [0, 0.05) is 24.0 Å². The number of methoxy groups -OCH3 is 2. The molecule has 3 rings (SSSR count). The number of thiazole rings is 1. The summed E-state index contributed by atoms with van der Waals surface area (Å²) < 4.78 is 15.8. The third-order valence-electron chi connectivity index (χ3n) is 3.82. The molecule has 0 unspecified atom stereocenters. The first kappa shape index (κ1) is 17.7. The zero-order valence-electron chi connectivity index (χ0n) is 14.3. The fourth-order valence-corrected chi connectivity index (χ4v) is 3.36. The lowest BCUT2D eigenvalue weighted by molar-refractivity contribution is -0.127. The van der Waals surface area contributed by atoms with Gasteiger partial charge >= 0.3 is 0 Å². The summed E-state index contributed by atoms with van der Waals surface area (Å²) in [7, 11) is 3.21. The van der Waals surface area contributed by atoms with Gasteiger partial charge in [-0.2, -0.15) is 0 Å². The summed E-state index contributed by atoms with van der Waals surface area (Å²) >= 11 is 1.50. The van der Waals surface area contributed by atoms with Gasteiger partial charge in [0.2, 0.25) is 5.91 Å². The van der Waals surface area contributed by atoms with Crippen LogP contribution in [0.15, 0.2) is 23.6 Å². The van der Waals surface area contributed by atoms with E-state index in [4.69, 9.17) is 14.2 Å². The molecule has 0 saturated carbocycles. The van der Waals surface area contributed by atoms with Crippen molar-refractivity contribution in [3.8, 4) is 22.1 Å². The molecule has 0 spiro atoms. The molecule has 0 aliphatic carbocycles. The normalized spacial score (nSPS) is 15.0. The van der Waals surface area contributed by atoms with Gasteiger partial charge in [-0.25, -0.2) is 9.99 Å². The molecule has 134 valence electrons. The number of rotatable bonds is 6. The van der Waals surface area contributed by atoms with E-state index in [2.05, 4.69) is 10.4 Å². The van der Waals surface area contributed by atoms with E-state index in [1.807, 2.05) is 28.6 Å². The standard InChI is InChI=1S/C17H21N3O4S/c1-22-14-4-3-12(9-15(14)23-2)17-18-13(11-25-17)10-16(21)19-20-5-7-24-8-6-20/h3-4,9,11H,5-8,10H2,1-2H3,(H,19,21). The molecular weight excluding hydrogens is 342 g/mol. The number of ether oxygens (including phenoxy) is 3. The van der Waals surface area contributed by atoms with Gasteiger partial charge in [0.15, 0.2) is 11.5 Å². The Labute approximate surface area is 150 Å². The van der Waals surface area contributed by atoms with Gasteiger partial charge in [-0.1, -0.05) is 0 Å². The highest BCUT2D eigenvalue weighted by molar-refractivity contribution is 7.13. The van der Waals surface area contributed by atoms with Gasteiger partial charge in [0.25, 0.3) is 0 Å². The van der Waals surface area contributed by atoms with Crippen molar-refractivity contribution in [1.29, 1.82) is 0 Å². The van der Waals surface area contributed by atoms with Crippen LogP contribution >= 0.6 is 11.3 Å². The molecule has 1 aliphatic rings. The first-order chi connectivity index (χ1) is 12.2. The van der Waals surface area contributed by atoms with Gasteiger partial charge < -0.3 is 14.2 Å². The van der Waals surface area contributed by atoms with Crippen molar-refractivity contribution >= 4 is 17.2 Å². The number of benzene rings is 1. The molecule has 0 radical (unpaired) electrons. The Morgan fingerprint density at radius 3 is 2.76 bits per heavy atom. The SMILES string of the molecule is COc1ccc(-c2nc(CC(=O)NN3CCOCC3)cs2)cc1OC. The van der Waals surface area contributed by atoms with Gasteiger partial charge in [-0.05, 0) is 18.2 Å². The molecule has 8 heteroatoms. The Morgan fingerprint density at radius 1 is 1.28 bits per heavy atom. The van der Waals surface area contributed by atoms with Crippen LogP contribution in [-0.4, -0.2) is 56.4 Å². The molecule has 2 heterocycles. The van der Waals surface area contributed by atoms with Crippen molar-refractivity contribution in [1.82, 2.24) is 15.4 Å². The predicted molar refractivity (Wildman–Crippen MR) is 94.9 cm³/mol. The van der Waals surface area contributed by atoms with E-state index in [1.54, 1.807) is 14.2 Å². The van der Waals surface area contributed by atoms with Crippen LogP contribution in [0.5, 0.6) is 11.5 Å². The number of carbonyl (C=O) groups excluding carboxylic acids is 1. The van der Waals surface area contributed by atoms with Crippen LogP contribution in [0, 0.1) is 0 Å². The molecule has 1 amide bonds. The smallest absolute Gasteiger partial charge is 0.240 e. The van der Waals surface area contributed by atoms with Crippen LogP contribution in [0.3, 0.4) is 0 Å². The Kier molecular flexibility index (Phi) is 5.85. The van der Waals surface area contributed by atoms with Crippen LogP contribution in [0.4, 0.5) is 0 Å². The zero-order valence-corrected chi connectivity index (χ0v) is 15.1. The molecule has 7 nitrogen and oxygen atoms in total. The zero-order chi connectivity index (χ0) is 17.6. The van der Waals surface area contributed by atoms with E-state index < -0.39 is 0 Å². The first-order valence-electron chi connectivity index (χ1n) is 7.98. The van der Waals surface area contributed by atoms with Crippen molar-refractivity contribution in [3.05, 3.63) is 29.3 Å². The van der Waals surface area contributed by atoms with Crippen LogP contribution < -0.4 is 14.9 Å². The van der Waals surface area contributed by atoms with Crippen LogP contribution in [-0.2, 0) is 16.0 Å². The lowest BCUT2D eigenvalue weighted by atomic mass is 10.2. The van der Waals surface area contributed by atoms with Crippen LogP contribution in [0.25, 0.3) is 10.6 Å². The largest absolute Gasteiger partial charge is 0.493 e. The van der Waals surface area contributed by atoms with Crippen molar-refractivity contribution in [2.75, 3.05) is 40.5 Å². The fraction of sp³-hybridized carbons (Fsp3) is 0.412. The second-order valence-corrected chi connectivity index (χ2v) is 6.38. The third kappa shape index (κ3) is 4.47. The van der Waals surface area contributed by atoms with E-state index >= 15 is 0 Å². The molecule has 1 N–H and O–H groups in total. The molecule has 0 bridgehead atoms. The van der Waals surface area contributed by atoms with E-state index in [0.717, 1.165) is 16.3 Å². The Morgan fingerprint density at radius 2 is 2.04 bits per heavy atom. The average molecular weight is 363 g/mol. The van der Waals surface area contributed by atoms with Gasteiger partial charge in [0.1, 0.15) is 5.01 Å². The lowest BCUT2D eigenvalue weighted by Gasteiger charge is -2.26. The minimum atomic E-state index is -0.0638. The highest BCUT2D eigenvalue weighted by atomic mass is 32.1. The van der Waals surface area contributed by atoms with E-state index in [0.29, 0.717) is 37.8 Å². The maximum atomic E-state index is 12.1. The summed E-state index contributed by atoms with van der Waals surface area (Å²) in [5.41, 5.74) is 4.58. The monoisotopic (exact) mass is 363 g/mol. The fourth-order valence-electron chi connectivity index (χ4n) is 2.55. The van der Waals surface area contributed by atoms with Crippen LogP contribution in [0.1, 0.15) is 5.69 Å². The molecular formula is C17H21N3O4S. The van der Waals surface area contributed by atoms with E-state index in [9.17, 15) is 4.79 Å². The van der Waals surface area contributed by atoms with Crippen molar-refractivity contribution in [3.63, 3.8) is 0 Å². The van der Waals surface area contributed by atoms with E-state index in [1.165, 1.54) is 11.3 Å². The number of hydrogen-bond donors (Lipinski definition) is 1. The maximum Gasteiger partial charge on any atom is 0.240 e. The van der Waals surface area contributed by atoms with Crippen molar-refractivity contribution < 1.29 is 19.0 Å². The Bertz CT molecular complexity index is 728. The molecule has 25 heavy (non-hydrogen) atoms. The number of morpholine rings is 1. The summed E-state index contributed by atoms with van der Waals surface area (Å²) in [5.74, 6) is 1.26. The second kappa shape index (κ2) is 8.28. The van der Waals surface area contributed by atoms with Crippen molar-refractivity contribution in [2.24, 2.45) is 0 Å². The highest BCUT2D eigenvalue weighted by Gasteiger charge is 2.15. The molecule has 1 saturated heterocycles. The summed E-state index contributed by atoms with van der Waals surface area (Å²) in [6.45, 7) is 2.69. The number of amides is 1. The number of nitrogens with one attached hydrogen (secondary N) is 1. The molecule has 1 fully saturated rings. The number of hydrazine groups is 1. The minimum Gasteiger partial charge on any atom is -0.493 e. The maximum absolute atomic E-state index is 12.1. The summed E-state index contributed by atoms with van der Waals surface area (Å²) in [5, 5.41) is 4.63. The van der Waals surface area contributed by atoms with Gasteiger partial charge in [-0.15, -0.1) is 11.3 Å². The van der Waals surface area contributed by atoms with Crippen LogP contribution in [0.2, 0.25) is 0 Å². The molecule has 2 aromatic rings. The van der Waals surface area contributed by atoms with Gasteiger partial charge in [-0.3, -0.25) is 10.2 Å². The second-order valence-electron chi connectivity index (χ2n) is 5.52. The molecule has 0 atom stereocenters. The Balaban J connectivity index is 1.64. The number of aromatic nitrogens is 1. The van der Waals surface area contributed by atoms with Crippen molar-refractivity contribution in [2.45, 2.75) is 6.42 Å². The third-order valence-corrected chi connectivity index (χ3v) is 4.76. The molecule has 1 aromatic heterocycles. The van der Waals surface area contributed by atoms with E-state index in [-0.39, 0.29) is 12.3 Å². The predicted octanol–water partition coefficient (Wildman–Crippen LogP) is 1.73. The highest BCUT2D eigenvalue weighted by Crippen LogP contribution is 2.33. The summed E-state index contributed by atoms with van der Waals surface area (Å²) in [6, 6.07) is 5.66. The first-order valence-corrected chi connectivity index (χ1v) is 8.86. The number of carbonyl (C=O) groups is 1. The Hall–Kier alpha value is -2.16. The lowest BCUT2D eigenvalue weighted by Crippen LogP contribution is -2.48. The van der Waals surface area contributed by atoms with Gasteiger partial charge in [0.05, 0.1) is 39.5 Å². The summed E-state index contributed by atoms with van der Waals surface area (Å²) in [4.78, 5) is 16.7.